The fraction of sp³-hybridized carbons (Fsp3) is 0.245. The maximum atomic E-state index is 14.1. The van der Waals surface area contributed by atoms with E-state index in [1.54, 1.807) is 64.4 Å². The van der Waals surface area contributed by atoms with Gasteiger partial charge in [0.05, 0.1) is 23.2 Å². The van der Waals surface area contributed by atoms with Crippen molar-refractivity contribution in [2.24, 2.45) is 0 Å². The standard InChI is InChI=1S/C27H25F3N2O.C26H25F3N2O2.B.Na.H2O3.H/c1-3-14-27(21-8-10-22(28)11-9-21)15-16-32(26(33)31-27)18(2)19-4-6-20(7-5-19)24-13-12-23(29)17-25(24)30;1-17(18-2-4-19(5-3-18)23-11-10-22(28)16-24(23)29)31-14-12-26(13-15-32,30-25(31)33)20-6-8-21(27)9-7-20;;;1-3-2;/h3-13,17-18H,1,14-16H2,2H3,(H,31,33);2-11,16-17,32H,12-15H2,1H3,(H,30,33);;;1-2H;/q;;;+1;;-1/t18-,27+;17-,26-;;;;/m00..../s1. The molecule has 0 spiro atoms. The SMILES string of the molecule is C=CC[C@]1(c2ccc(F)cc2)CCN([C@@H](C)c2ccc(-c3ccc(F)cc3F)cc2)C(=O)N1.C[C@@H](c1ccc(-c2ccc(F)cc2F)cc1)N1CC[C@](CCO)(c2ccc(F)cc2)NC1=O.OOO.[B].[H-].[Na+]. The monoisotopic (exact) mass is 989 g/mol. The average molecular weight is 990 g/mol. The first-order valence-electron chi connectivity index (χ1n) is 22.0. The molecule has 2 saturated heterocycles. The molecule has 0 aliphatic carbocycles. The van der Waals surface area contributed by atoms with Gasteiger partial charge in [-0.2, -0.15) is 0 Å². The molecule has 10 nitrogen and oxygen atoms in total. The molecule has 0 aromatic heterocycles. The van der Waals surface area contributed by atoms with Gasteiger partial charge in [-0.05, 0) is 121 Å². The quantitative estimate of drug-likeness (QED) is 0.0274. The van der Waals surface area contributed by atoms with Gasteiger partial charge in [0.2, 0.25) is 0 Å². The molecule has 2 aliphatic heterocycles. The minimum absolute atomic E-state index is 0. The number of urea groups is 2. The van der Waals surface area contributed by atoms with E-state index < -0.39 is 34.3 Å². The van der Waals surface area contributed by atoms with E-state index in [2.05, 4.69) is 22.3 Å². The third-order valence-electron chi connectivity index (χ3n) is 12.8. The second-order valence-corrected chi connectivity index (χ2v) is 16.8. The number of rotatable bonds is 12. The molecule has 8 rings (SSSR count). The number of carbonyl (C=O) groups is 2. The molecule has 0 unspecified atom stereocenters. The molecule has 6 aromatic carbocycles. The number of halogens is 6. The van der Waals surface area contributed by atoms with Gasteiger partial charge in [0.15, 0.2) is 0 Å². The summed E-state index contributed by atoms with van der Waals surface area (Å²) in [5.74, 6) is -3.19. The summed E-state index contributed by atoms with van der Waals surface area (Å²) >= 11 is 0. The number of hydrogen-bond acceptors (Lipinski definition) is 6. The van der Waals surface area contributed by atoms with Gasteiger partial charge >= 0.3 is 41.6 Å². The van der Waals surface area contributed by atoms with Crippen molar-refractivity contribution in [1.29, 1.82) is 0 Å². The second kappa shape index (κ2) is 26.0. The van der Waals surface area contributed by atoms with E-state index in [1.165, 1.54) is 48.5 Å². The number of hydrogen-bond donors (Lipinski definition) is 5. The Kier molecular flexibility index (Phi) is 21.1. The largest absolute Gasteiger partial charge is 1.00 e. The van der Waals surface area contributed by atoms with Crippen LogP contribution in [-0.4, -0.2) is 65.6 Å². The normalized spacial score (nSPS) is 18.1. The van der Waals surface area contributed by atoms with E-state index in [1.807, 2.05) is 38.1 Å². The van der Waals surface area contributed by atoms with Crippen LogP contribution in [0.5, 0.6) is 0 Å². The molecule has 2 heterocycles. The molecule has 4 atom stereocenters. The van der Waals surface area contributed by atoms with E-state index in [-0.39, 0.29) is 81.8 Å². The van der Waals surface area contributed by atoms with Crippen molar-refractivity contribution in [2.45, 2.75) is 62.7 Å². The second-order valence-electron chi connectivity index (χ2n) is 16.8. The van der Waals surface area contributed by atoms with Crippen LogP contribution in [0.15, 0.2) is 146 Å². The molecule has 18 heteroatoms. The number of aliphatic hydroxyl groups is 1. The van der Waals surface area contributed by atoms with Crippen molar-refractivity contribution >= 4 is 20.5 Å². The van der Waals surface area contributed by atoms with E-state index in [4.69, 9.17) is 10.5 Å². The molecular formula is C53H53BF6N4NaO6. The van der Waals surface area contributed by atoms with Crippen molar-refractivity contribution in [3.05, 3.63) is 203 Å². The van der Waals surface area contributed by atoms with Crippen LogP contribution in [0.4, 0.5) is 35.9 Å². The molecule has 71 heavy (non-hydrogen) atoms. The third kappa shape index (κ3) is 13.7. The summed E-state index contributed by atoms with van der Waals surface area (Å²) in [4.78, 5) is 29.7. The number of nitrogens with one attached hydrogen (secondary N) is 2. The molecule has 5 N–H and O–H groups in total. The van der Waals surface area contributed by atoms with Gasteiger partial charge in [-0.3, -0.25) is 0 Å². The van der Waals surface area contributed by atoms with Crippen LogP contribution in [0.25, 0.3) is 22.3 Å². The third-order valence-corrected chi connectivity index (χ3v) is 12.8. The van der Waals surface area contributed by atoms with Crippen LogP contribution in [0, 0.1) is 34.9 Å². The van der Waals surface area contributed by atoms with Crippen LogP contribution in [0.3, 0.4) is 0 Å². The molecule has 0 saturated carbocycles. The van der Waals surface area contributed by atoms with Crippen molar-refractivity contribution in [3.63, 3.8) is 0 Å². The van der Waals surface area contributed by atoms with E-state index >= 15 is 0 Å². The van der Waals surface area contributed by atoms with E-state index in [9.17, 15) is 41.0 Å². The number of carbonyl (C=O) groups excluding carboxylic acids is 2. The van der Waals surface area contributed by atoms with Gasteiger partial charge in [-0.25, -0.2) is 46.4 Å². The maximum absolute atomic E-state index is 14.1. The van der Waals surface area contributed by atoms with Crippen molar-refractivity contribution in [1.82, 2.24) is 20.4 Å². The maximum Gasteiger partial charge on any atom is 1.00 e. The topological polar surface area (TPSA) is 135 Å². The summed E-state index contributed by atoms with van der Waals surface area (Å²) < 4.78 is 81.4. The van der Waals surface area contributed by atoms with Crippen LogP contribution in [0.1, 0.15) is 75.3 Å². The van der Waals surface area contributed by atoms with Crippen LogP contribution in [0.2, 0.25) is 0 Å². The number of benzene rings is 6. The Hall–Kier alpha value is -5.92. The summed E-state index contributed by atoms with van der Waals surface area (Å²) in [5.41, 5.74) is 3.84. The van der Waals surface area contributed by atoms with Crippen LogP contribution in [-0.2, 0) is 16.1 Å². The summed E-state index contributed by atoms with van der Waals surface area (Å²) in [6, 6.07) is 32.5. The van der Waals surface area contributed by atoms with Crippen LogP contribution < -0.4 is 40.2 Å². The summed E-state index contributed by atoms with van der Waals surface area (Å²) in [5, 5.41) is 31.3. The first-order valence-corrected chi connectivity index (χ1v) is 22.0. The smallest absolute Gasteiger partial charge is 1.00 e. The Bertz CT molecular complexity index is 2720. The fourth-order valence-corrected chi connectivity index (χ4v) is 8.94. The Balaban J connectivity index is 0.000000347. The molecule has 0 bridgehead atoms. The predicted molar refractivity (Wildman–Crippen MR) is 256 cm³/mol. The van der Waals surface area contributed by atoms with Gasteiger partial charge in [0.25, 0.3) is 0 Å². The zero-order chi connectivity index (χ0) is 49.9. The van der Waals surface area contributed by atoms with Gasteiger partial charge in [0.1, 0.15) is 34.9 Å². The Morgan fingerprint density at radius 2 is 0.972 bits per heavy atom. The molecular weight excluding hydrogens is 936 g/mol. The number of amides is 4. The van der Waals surface area contributed by atoms with Crippen molar-refractivity contribution in [2.75, 3.05) is 19.7 Å². The fourth-order valence-electron chi connectivity index (χ4n) is 8.94. The first-order chi connectivity index (χ1) is 33.1. The van der Waals surface area contributed by atoms with Gasteiger partial charge in [-0.15, -0.1) is 6.58 Å². The van der Waals surface area contributed by atoms with Crippen LogP contribution >= 0.6 is 0 Å². The summed E-state index contributed by atoms with van der Waals surface area (Å²) in [6.07, 6.45) is 3.80. The van der Waals surface area contributed by atoms with E-state index in [0.29, 0.717) is 61.0 Å². The van der Waals surface area contributed by atoms with Gasteiger partial charge in [0, 0.05) is 51.4 Å². The minimum atomic E-state index is -0.764. The number of aliphatic hydroxyl groups excluding tert-OH is 1. The predicted octanol–water partition coefficient (Wildman–Crippen LogP) is 8.93. The summed E-state index contributed by atoms with van der Waals surface area (Å²) in [7, 11) is 0. The zero-order valence-corrected chi connectivity index (χ0v) is 41.4. The molecule has 2 fully saturated rings. The molecule has 367 valence electrons. The Labute approximate surface area is 434 Å². The molecule has 4 amide bonds. The first kappa shape index (κ1) is 57.7. The summed E-state index contributed by atoms with van der Waals surface area (Å²) in [6.45, 7) is 8.50. The molecule has 2 aliphatic rings. The average Bonchev–Trinajstić information content (AvgIpc) is 3.32. The Morgan fingerprint density at radius 3 is 1.32 bits per heavy atom. The van der Waals surface area contributed by atoms with Gasteiger partial charge in [-0.1, -0.05) is 83.9 Å². The van der Waals surface area contributed by atoms with Crippen molar-refractivity contribution < 1.29 is 87.6 Å². The van der Waals surface area contributed by atoms with Crippen molar-refractivity contribution in [3.8, 4) is 22.3 Å². The molecule has 6 aromatic rings. The Morgan fingerprint density at radius 1 is 0.620 bits per heavy atom. The van der Waals surface area contributed by atoms with Gasteiger partial charge < -0.3 is 27.0 Å². The minimum Gasteiger partial charge on any atom is -1.00 e. The zero-order valence-electron chi connectivity index (χ0n) is 40.4. The molecule has 3 radical (unpaired) electrons. The number of nitrogens with zero attached hydrogens (tertiary/aromatic N) is 2. The van der Waals surface area contributed by atoms with E-state index in [0.717, 1.165) is 34.4 Å².